The van der Waals surface area contributed by atoms with Gasteiger partial charge in [0.15, 0.2) is 0 Å². The molecule has 0 aromatic rings. The van der Waals surface area contributed by atoms with Gasteiger partial charge in [-0.2, -0.15) is 10.2 Å². The summed E-state index contributed by atoms with van der Waals surface area (Å²) < 4.78 is 0. The predicted molar refractivity (Wildman–Crippen MR) is 59.9 cm³/mol. The largest absolute Gasteiger partial charge is 0.386 e. The van der Waals surface area contributed by atoms with Crippen LogP contribution in [0.4, 0.5) is 0 Å². The molecule has 2 fully saturated rings. The first kappa shape index (κ1) is 11.9. The van der Waals surface area contributed by atoms with E-state index in [1.165, 1.54) is 0 Å². The van der Waals surface area contributed by atoms with E-state index >= 15 is 0 Å². The molecule has 7 heteroatoms. The van der Waals surface area contributed by atoms with Gasteiger partial charge in [0.25, 0.3) is 0 Å². The molecule has 0 aromatic heterocycles. The van der Waals surface area contributed by atoms with E-state index in [1.54, 1.807) is 0 Å². The highest BCUT2D eigenvalue weighted by Gasteiger charge is 2.51. The second-order valence-corrected chi connectivity index (χ2v) is 4.09. The molecule has 0 spiro atoms. The van der Waals surface area contributed by atoms with Gasteiger partial charge in [-0.05, 0) is 25.7 Å². The maximum atomic E-state index is 7.33. The van der Waals surface area contributed by atoms with E-state index in [-0.39, 0.29) is 24.1 Å². The fourth-order valence-corrected chi connectivity index (χ4v) is 1.27. The highest BCUT2D eigenvalue weighted by molar-refractivity contribution is 5.91. The van der Waals surface area contributed by atoms with Crippen LogP contribution in [0.2, 0.25) is 0 Å². The molecule has 2 saturated carbocycles. The van der Waals surface area contributed by atoms with Gasteiger partial charge in [-0.3, -0.25) is 10.8 Å². The smallest absolute Gasteiger partial charge is 0.138 e. The third-order valence-electron chi connectivity index (χ3n) is 2.88. The van der Waals surface area contributed by atoms with Gasteiger partial charge in [0.2, 0.25) is 0 Å². The van der Waals surface area contributed by atoms with E-state index in [1.807, 2.05) is 0 Å². The summed E-state index contributed by atoms with van der Waals surface area (Å²) in [6.07, 6.45) is 3.17. The van der Waals surface area contributed by atoms with Crippen molar-refractivity contribution in [3.05, 3.63) is 0 Å². The summed E-state index contributed by atoms with van der Waals surface area (Å²) in [4.78, 5) is 0. The van der Waals surface area contributed by atoms with Crippen molar-refractivity contribution in [1.82, 2.24) is 0 Å². The second kappa shape index (κ2) is 3.44. The molecule has 15 heavy (non-hydrogen) atoms. The minimum Gasteiger partial charge on any atom is -0.386 e. The van der Waals surface area contributed by atoms with E-state index in [2.05, 4.69) is 10.2 Å². The van der Waals surface area contributed by atoms with Crippen molar-refractivity contribution in [2.75, 3.05) is 0 Å². The van der Waals surface area contributed by atoms with Gasteiger partial charge in [-0.1, -0.05) is 0 Å². The maximum Gasteiger partial charge on any atom is 0.138 e. The van der Waals surface area contributed by atoms with Crippen LogP contribution >= 0.6 is 12.4 Å². The monoisotopic (exact) mass is 230 g/mol. The van der Waals surface area contributed by atoms with Crippen LogP contribution in [0.1, 0.15) is 25.7 Å². The summed E-state index contributed by atoms with van der Waals surface area (Å²) in [5.41, 5.74) is 9.71. The third-order valence-corrected chi connectivity index (χ3v) is 2.88. The minimum absolute atomic E-state index is 0. The Hall–Kier alpha value is -1.17. The Morgan fingerprint density at radius 3 is 1.27 bits per heavy atom. The van der Waals surface area contributed by atoms with Crippen LogP contribution in [-0.2, 0) is 0 Å². The molecule has 6 nitrogen and oxygen atoms in total. The van der Waals surface area contributed by atoms with Crippen molar-refractivity contribution in [3.8, 4) is 0 Å². The number of hydrogen-bond acceptors (Lipinski definition) is 4. The van der Waals surface area contributed by atoms with Crippen molar-refractivity contribution >= 4 is 24.1 Å². The Bertz CT molecular complexity index is 296. The molecule has 0 radical (unpaired) electrons. The molecular formula is C8H15ClN6. The molecule has 6 N–H and O–H groups in total. The fraction of sp³-hybridized carbons (Fsp3) is 0.750. The molecule has 0 aliphatic heterocycles. The van der Waals surface area contributed by atoms with Crippen LogP contribution in [0.15, 0.2) is 10.2 Å². The number of halogens is 1. The van der Waals surface area contributed by atoms with Gasteiger partial charge in [-0.15, -0.1) is 12.4 Å². The lowest BCUT2D eigenvalue weighted by molar-refractivity contribution is 0.711. The van der Waals surface area contributed by atoms with Gasteiger partial charge in [-0.25, -0.2) is 0 Å². The van der Waals surface area contributed by atoms with Gasteiger partial charge in [0.05, 0.1) is 0 Å². The molecule has 0 saturated heterocycles. The van der Waals surface area contributed by atoms with Crippen molar-refractivity contribution in [3.63, 3.8) is 0 Å². The lowest BCUT2D eigenvalue weighted by Gasteiger charge is -2.09. The predicted octanol–water partition coefficient (Wildman–Crippen LogP) is 0.798. The normalized spacial score (nSPS) is 24.3. The summed E-state index contributed by atoms with van der Waals surface area (Å²) in [5.74, 6) is 0.140. The Balaban J connectivity index is 0.00000112. The van der Waals surface area contributed by atoms with E-state index in [9.17, 15) is 0 Å². The first-order valence-corrected chi connectivity index (χ1v) is 4.64. The zero-order valence-corrected chi connectivity index (χ0v) is 9.10. The molecule has 0 bridgehead atoms. The Morgan fingerprint density at radius 1 is 0.867 bits per heavy atom. The molecule has 0 heterocycles. The highest BCUT2D eigenvalue weighted by atomic mass is 35.5. The zero-order valence-electron chi connectivity index (χ0n) is 8.29. The van der Waals surface area contributed by atoms with Crippen molar-refractivity contribution < 1.29 is 0 Å². The minimum atomic E-state index is -0.551. The quantitative estimate of drug-likeness (QED) is 0.324. The van der Waals surface area contributed by atoms with Crippen LogP contribution in [0.3, 0.4) is 0 Å². The Morgan fingerprint density at radius 2 is 1.13 bits per heavy atom. The van der Waals surface area contributed by atoms with Crippen LogP contribution < -0.4 is 11.5 Å². The van der Waals surface area contributed by atoms with Crippen molar-refractivity contribution in [1.29, 1.82) is 10.8 Å². The van der Waals surface area contributed by atoms with Gasteiger partial charge in [0, 0.05) is 0 Å². The number of amidine groups is 2. The van der Waals surface area contributed by atoms with Crippen LogP contribution in [0.5, 0.6) is 0 Å². The molecule has 0 unspecified atom stereocenters. The van der Waals surface area contributed by atoms with Crippen molar-refractivity contribution in [2.24, 2.45) is 21.7 Å². The second-order valence-electron chi connectivity index (χ2n) is 4.09. The SMILES string of the molecule is Cl.N=C(N)C1(N=NC2(C(=N)N)CC2)CC1. The number of rotatable bonds is 4. The summed E-state index contributed by atoms with van der Waals surface area (Å²) in [6.45, 7) is 0. The van der Waals surface area contributed by atoms with Gasteiger partial charge in [0.1, 0.15) is 22.7 Å². The average molecular weight is 231 g/mol. The summed E-state index contributed by atoms with van der Waals surface area (Å²) in [5, 5.41) is 22.8. The van der Waals surface area contributed by atoms with Crippen LogP contribution in [0.25, 0.3) is 0 Å². The average Bonchev–Trinajstić information content (AvgIpc) is 2.99. The van der Waals surface area contributed by atoms with E-state index < -0.39 is 11.1 Å². The third kappa shape index (κ3) is 1.94. The van der Waals surface area contributed by atoms with E-state index in [0.29, 0.717) is 0 Å². The summed E-state index contributed by atoms with van der Waals surface area (Å²) in [6, 6.07) is 0. The Kier molecular flexibility index (Phi) is 2.73. The first-order chi connectivity index (χ1) is 6.51. The molecule has 2 rings (SSSR count). The molecule has 0 amide bonds. The van der Waals surface area contributed by atoms with Crippen molar-refractivity contribution in [2.45, 2.75) is 36.8 Å². The molecule has 0 aromatic carbocycles. The van der Waals surface area contributed by atoms with Gasteiger partial charge < -0.3 is 11.5 Å². The first-order valence-electron chi connectivity index (χ1n) is 4.64. The number of azo groups is 1. The van der Waals surface area contributed by atoms with Gasteiger partial charge >= 0.3 is 0 Å². The molecule has 2 aliphatic rings. The number of hydrogen-bond donors (Lipinski definition) is 4. The lowest BCUT2D eigenvalue weighted by atomic mass is 10.2. The fourth-order valence-electron chi connectivity index (χ4n) is 1.27. The Labute approximate surface area is 93.9 Å². The van der Waals surface area contributed by atoms with E-state index in [4.69, 9.17) is 22.3 Å². The number of nitrogens with one attached hydrogen (secondary N) is 2. The number of nitrogens with zero attached hydrogens (tertiary/aromatic N) is 2. The molecule has 84 valence electrons. The lowest BCUT2D eigenvalue weighted by Crippen LogP contribution is -2.30. The van der Waals surface area contributed by atoms with E-state index in [0.717, 1.165) is 25.7 Å². The van der Waals surface area contributed by atoms with Crippen LogP contribution in [0, 0.1) is 10.8 Å². The number of nitrogens with two attached hydrogens (primary N) is 2. The molecular weight excluding hydrogens is 216 g/mol. The summed E-state index contributed by atoms with van der Waals surface area (Å²) in [7, 11) is 0. The molecule has 0 atom stereocenters. The topological polar surface area (TPSA) is 124 Å². The zero-order chi connectivity index (χ0) is 10.4. The maximum absolute atomic E-state index is 7.33. The summed E-state index contributed by atoms with van der Waals surface area (Å²) >= 11 is 0. The highest BCUT2D eigenvalue weighted by Crippen LogP contribution is 2.45. The molecule has 2 aliphatic carbocycles. The van der Waals surface area contributed by atoms with Crippen LogP contribution in [-0.4, -0.2) is 22.7 Å². The standard InChI is InChI=1S/C8H14N6.ClH/c9-5(10)7(1-2-7)13-14-8(3-4-8)6(11)12;/h1-4H2,(H3,9,10)(H3,11,12);1H.